The molecule has 3 N–H and O–H groups in total. The van der Waals surface area contributed by atoms with Gasteiger partial charge in [-0.1, -0.05) is 13.3 Å². The van der Waals surface area contributed by atoms with E-state index in [1.165, 1.54) is 7.11 Å². The van der Waals surface area contributed by atoms with Crippen LogP contribution in [-0.4, -0.2) is 28.8 Å². The molecule has 1 aromatic carbocycles. The third-order valence-corrected chi connectivity index (χ3v) is 5.48. The second kappa shape index (κ2) is 9.37. The van der Waals surface area contributed by atoms with Gasteiger partial charge < -0.3 is 15.8 Å². The molecule has 0 radical (unpaired) electrons. The van der Waals surface area contributed by atoms with E-state index >= 15 is 0 Å². The molecule has 1 aromatic heterocycles. The summed E-state index contributed by atoms with van der Waals surface area (Å²) < 4.78 is 7.23. The molecular weight excluding hydrogens is 426 g/mol. The van der Waals surface area contributed by atoms with Crippen molar-refractivity contribution in [3.05, 3.63) is 40.0 Å². The highest BCUT2D eigenvalue weighted by molar-refractivity contribution is 9.10. The molecule has 148 valence electrons. The van der Waals surface area contributed by atoms with Crippen LogP contribution in [0.15, 0.2) is 28.9 Å². The van der Waals surface area contributed by atoms with E-state index in [9.17, 15) is 9.59 Å². The van der Waals surface area contributed by atoms with Crippen molar-refractivity contribution in [1.29, 1.82) is 5.26 Å². The van der Waals surface area contributed by atoms with Crippen LogP contribution in [0.4, 0.5) is 11.5 Å². The van der Waals surface area contributed by atoms with Gasteiger partial charge in [0.1, 0.15) is 5.56 Å². The van der Waals surface area contributed by atoms with Crippen molar-refractivity contribution < 1.29 is 14.3 Å². The van der Waals surface area contributed by atoms with E-state index in [-0.39, 0.29) is 6.04 Å². The molecule has 9 heteroatoms. The summed E-state index contributed by atoms with van der Waals surface area (Å²) in [6.45, 7) is 5.69. The third-order valence-electron chi connectivity index (χ3n) is 4.79. The van der Waals surface area contributed by atoms with Gasteiger partial charge in [-0.25, -0.2) is 10.1 Å². The second-order valence-electron chi connectivity index (χ2n) is 6.52. The zero-order chi connectivity index (χ0) is 20.8. The molecule has 1 heterocycles. The van der Waals surface area contributed by atoms with Gasteiger partial charge in [0.25, 0.3) is 5.91 Å². The Kier molecular flexibility index (Phi) is 7.18. The van der Waals surface area contributed by atoms with Crippen LogP contribution in [0.1, 0.15) is 52.9 Å². The molecular formula is C19H22BrN5O3. The number of hydrogen-bond acceptors (Lipinski definition) is 6. The number of anilines is 2. The van der Waals surface area contributed by atoms with Crippen LogP contribution in [0, 0.1) is 17.8 Å². The lowest BCUT2D eigenvalue weighted by Crippen LogP contribution is -2.13. The number of ether oxygens (including phenoxy) is 1. The van der Waals surface area contributed by atoms with E-state index in [2.05, 4.69) is 39.8 Å². The van der Waals surface area contributed by atoms with Gasteiger partial charge in [0.2, 0.25) is 0 Å². The molecule has 3 rings (SSSR count). The number of nitrogens with zero attached hydrogens (tertiary/aromatic N) is 3. The number of amides is 1. The van der Waals surface area contributed by atoms with Gasteiger partial charge in [-0.3, -0.25) is 9.48 Å². The van der Waals surface area contributed by atoms with Crippen LogP contribution in [0.5, 0.6) is 0 Å². The smallest absolute Gasteiger partial charge is 0.339 e. The quantitative estimate of drug-likeness (QED) is 0.672. The number of carbonyl (C=O) groups excluding carboxylic acids is 2. The van der Waals surface area contributed by atoms with Crippen molar-refractivity contribution in [1.82, 2.24) is 9.78 Å². The lowest BCUT2D eigenvalue weighted by molar-refractivity contribution is 0.0599. The zero-order valence-electron chi connectivity index (χ0n) is 15.7. The maximum atomic E-state index is 11.9. The minimum atomic E-state index is -0.547. The average Bonchev–Trinajstić information content (AvgIpc) is 3.30. The predicted molar refractivity (Wildman–Crippen MR) is 108 cm³/mol. The number of nitrogens with two attached hydrogens (primary N) is 1. The number of rotatable bonds is 5. The summed E-state index contributed by atoms with van der Waals surface area (Å²) in [6.07, 6.45) is 5.03. The maximum Gasteiger partial charge on any atom is 0.339 e. The molecule has 0 aliphatic heterocycles. The highest BCUT2D eigenvalue weighted by Crippen LogP contribution is 2.36. The number of nitrogens with one attached hydrogen (secondary N) is 1. The van der Waals surface area contributed by atoms with E-state index in [1.54, 1.807) is 24.4 Å². The Morgan fingerprint density at radius 2 is 2.07 bits per heavy atom. The lowest BCUT2D eigenvalue weighted by Gasteiger charge is -2.15. The summed E-state index contributed by atoms with van der Waals surface area (Å²) in [7, 11) is 1.32. The van der Waals surface area contributed by atoms with E-state index in [0.29, 0.717) is 33.0 Å². The SMILES string of the molecule is C#N.COC(=O)c1cc(Nc2nn(C3CCCC3C)cc2C(N)=O)ccc1Br. The van der Waals surface area contributed by atoms with Gasteiger partial charge in [0, 0.05) is 22.9 Å². The number of methoxy groups -OCH3 is 1. The van der Waals surface area contributed by atoms with E-state index in [4.69, 9.17) is 15.7 Å². The third kappa shape index (κ3) is 4.51. The van der Waals surface area contributed by atoms with Crippen molar-refractivity contribution in [2.75, 3.05) is 12.4 Å². The van der Waals surface area contributed by atoms with Crippen molar-refractivity contribution in [3.8, 4) is 6.57 Å². The molecule has 1 saturated carbocycles. The summed E-state index contributed by atoms with van der Waals surface area (Å²) in [6, 6.07) is 5.41. The first kappa shape index (κ1) is 21.4. The number of halogens is 1. The summed E-state index contributed by atoms with van der Waals surface area (Å²) >= 11 is 3.33. The zero-order valence-corrected chi connectivity index (χ0v) is 17.3. The standard InChI is InChI=1S/C18H21BrN4O3.CHN/c1-10-4-3-5-15(10)23-9-13(16(20)24)17(22-23)21-11-6-7-14(19)12(8-11)18(25)26-2;1-2/h6-10,15H,3-5H2,1-2H3,(H2,20,24)(H,21,22);1H. The topological polar surface area (TPSA) is 123 Å². The first-order chi connectivity index (χ1) is 13.4. The van der Waals surface area contributed by atoms with Crippen molar-refractivity contribution in [2.24, 2.45) is 11.7 Å². The number of hydrogen-bond donors (Lipinski definition) is 2. The Labute approximate surface area is 171 Å². The fourth-order valence-electron chi connectivity index (χ4n) is 3.36. The fourth-order valence-corrected chi connectivity index (χ4v) is 3.77. The predicted octanol–water partition coefficient (Wildman–Crippen LogP) is 3.78. The number of primary amides is 1. The summed E-state index contributed by atoms with van der Waals surface area (Å²) in [5, 5.41) is 14.2. The van der Waals surface area contributed by atoms with Crippen molar-refractivity contribution >= 4 is 39.3 Å². The van der Waals surface area contributed by atoms with Crippen LogP contribution in [0.25, 0.3) is 0 Å². The summed E-state index contributed by atoms with van der Waals surface area (Å²) in [5.74, 6) is -0.118. The molecule has 0 spiro atoms. The van der Waals surface area contributed by atoms with E-state index in [1.807, 2.05) is 4.68 Å². The van der Waals surface area contributed by atoms with Crippen LogP contribution >= 0.6 is 15.9 Å². The van der Waals surface area contributed by atoms with Gasteiger partial charge in [-0.2, -0.15) is 5.10 Å². The highest BCUT2D eigenvalue weighted by atomic mass is 79.9. The molecule has 1 amide bonds. The molecule has 8 nitrogen and oxygen atoms in total. The number of esters is 1. The number of nitriles is 1. The molecule has 28 heavy (non-hydrogen) atoms. The Morgan fingerprint density at radius 3 is 2.64 bits per heavy atom. The van der Waals surface area contributed by atoms with Crippen LogP contribution < -0.4 is 11.1 Å². The summed E-state index contributed by atoms with van der Waals surface area (Å²) in [5.41, 5.74) is 6.84. The van der Waals surface area contributed by atoms with Crippen LogP contribution in [0.2, 0.25) is 0 Å². The van der Waals surface area contributed by atoms with Gasteiger partial charge in [0.05, 0.1) is 18.7 Å². The Morgan fingerprint density at radius 1 is 1.36 bits per heavy atom. The Bertz CT molecular complexity index is 893. The van der Waals surface area contributed by atoms with Crippen molar-refractivity contribution in [3.63, 3.8) is 0 Å². The number of aromatic nitrogens is 2. The van der Waals surface area contributed by atoms with Crippen LogP contribution in [-0.2, 0) is 4.74 Å². The molecule has 2 aromatic rings. The van der Waals surface area contributed by atoms with Gasteiger partial charge in [-0.15, -0.1) is 0 Å². The minimum absolute atomic E-state index is 0.263. The molecule has 2 unspecified atom stereocenters. The van der Waals surface area contributed by atoms with Crippen molar-refractivity contribution in [2.45, 2.75) is 32.2 Å². The van der Waals surface area contributed by atoms with E-state index in [0.717, 1.165) is 19.3 Å². The molecule has 0 bridgehead atoms. The normalized spacial score (nSPS) is 18.0. The highest BCUT2D eigenvalue weighted by Gasteiger charge is 2.27. The first-order valence-corrected chi connectivity index (χ1v) is 9.49. The molecule has 2 atom stereocenters. The lowest BCUT2D eigenvalue weighted by atomic mass is 10.1. The fraction of sp³-hybridized carbons (Fsp3) is 0.368. The number of benzene rings is 1. The average molecular weight is 448 g/mol. The van der Waals surface area contributed by atoms with Gasteiger partial charge >= 0.3 is 5.97 Å². The van der Waals surface area contributed by atoms with E-state index < -0.39 is 11.9 Å². The number of carbonyl (C=O) groups is 2. The molecule has 1 aliphatic rings. The largest absolute Gasteiger partial charge is 0.465 e. The first-order valence-electron chi connectivity index (χ1n) is 8.70. The Hall–Kier alpha value is -2.86. The second-order valence-corrected chi connectivity index (χ2v) is 7.38. The molecule has 1 fully saturated rings. The maximum absolute atomic E-state index is 11.9. The molecule has 0 saturated heterocycles. The Balaban J connectivity index is 0.00000136. The van der Waals surface area contributed by atoms with Crippen LogP contribution in [0.3, 0.4) is 0 Å². The summed E-state index contributed by atoms with van der Waals surface area (Å²) in [4.78, 5) is 23.7. The monoisotopic (exact) mass is 447 g/mol. The van der Waals surface area contributed by atoms with Gasteiger partial charge in [-0.05, 0) is 52.9 Å². The van der Waals surface area contributed by atoms with Gasteiger partial charge in [0.15, 0.2) is 5.82 Å². The minimum Gasteiger partial charge on any atom is -0.465 e. The molecule has 1 aliphatic carbocycles.